The molecule has 4 rings (SSSR count). The van der Waals surface area contributed by atoms with E-state index in [2.05, 4.69) is 24.4 Å². The largest absolute Gasteiger partial charge is 0.495 e. The second-order valence-corrected chi connectivity index (χ2v) is 7.39. The molecule has 0 aliphatic carbocycles. The maximum atomic E-state index is 6.20. The minimum Gasteiger partial charge on any atom is -0.495 e. The molecule has 2 aliphatic rings. The van der Waals surface area contributed by atoms with Crippen molar-refractivity contribution in [3.63, 3.8) is 0 Å². The standard InChI is InChI=1S/C21H24ClNO4.ClH/c1-13(3-4-14-5-7-18(24-2)17(22)9-14)23-10-20-15-6-8-19-21(27-12-26-19)16(15)11-25-20;/h5-9,13,20,23H,3-4,10-12H2,1-2H3;1H. The maximum absolute atomic E-state index is 6.20. The number of fused-ring (bicyclic) bond motifs is 3. The van der Waals surface area contributed by atoms with Crippen molar-refractivity contribution in [3.05, 3.63) is 52.0 Å². The normalized spacial score (nSPS) is 17.8. The van der Waals surface area contributed by atoms with E-state index in [0.717, 1.165) is 36.4 Å². The number of methoxy groups -OCH3 is 1. The second-order valence-electron chi connectivity index (χ2n) is 6.98. The minimum atomic E-state index is 0. The zero-order valence-corrected chi connectivity index (χ0v) is 17.6. The summed E-state index contributed by atoms with van der Waals surface area (Å²) in [6.45, 7) is 3.84. The molecule has 2 atom stereocenters. The summed E-state index contributed by atoms with van der Waals surface area (Å²) in [4.78, 5) is 0. The number of hydrogen-bond donors (Lipinski definition) is 1. The van der Waals surface area contributed by atoms with Crippen LogP contribution in [0.4, 0.5) is 0 Å². The lowest BCUT2D eigenvalue weighted by Gasteiger charge is -2.18. The highest BCUT2D eigenvalue weighted by Gasteiger charge is 2.30. The Bertz CT molecular complexity index is 830. The fourth-order valence-corrected chi connectivity index (χ4v) is 3.88. The van der Waals surface area contributed by atoms with Gasteiger partial charge in [-0.2, -0.15) is 0 Å². The van der Waals surface area contributed by atoms with E-state index in [9.17, 15) is 0 Å². The highest BCUT2D eigenvalue weighted by atomic mass is 35.5. The van der Waals surface area contributed by atoms with Crippen LogP contribution >= 0.6 is 24.0 Å². The Kier molecular flexibility index (Phi) is 6.94. The first-order chi connectivity index (χ1) is 13.2. The van der Waals surface area contributed by atoms with Crippen molar-refractivity contribution in [2.45, 2.75) is 38.5 Å². The van der Waals surface area contributed by atoms with Crippen LogP contribution in [0.3, 0.4) is 0 Å². The first kappa shape index (κ1) is 21.1. The maximum Gasteiger partial charge on any atom is 0.231 e. The Balaban J connectivity index is 0.00000225. The van der Waals surface area contributed by atoms with Gasteiger partial charge in [-0.15, -0.1) is 12.4 Å². The summed E-state index contributed by atoms with van der Waals surface area (Å²) in [5, 5.41) is 4.24. The summed E-state index contributed by atoms with van der Waals surface area (Å²) < 4.78 is 22.2. The second kappa shape index (κ2) is 9.23. The first-order valence-electron chi connectivity index (χ1n) is 9.24. The molecule has 0 amide bonds. The Labute approximate surface area is 176 Å². The average Bonchev–Trinajstić information content (AvgIpc) is 3.31. The summed E-state index contributed by atoms with van der Waals surface area (Å²) in [5.41, 5.74) is 3.53. The smallest absolute Gasteiger partial charge is 0.231 e. The van der Waals surface area contributed by atoms with Crippen LogP contribution in [0.1, 0.15) is 36.1 Å². The molecule has 28 heavy (non-hydrogen) atoms. The van der Waals surface area contributed by atoms with Crippen LogP contribution < -0.4 is 19.5 Å². The molecule has 0 aromatic heterocycles. The van der Waals surface area contributed by atoms with Gasteiger partial charge in [-0.1, -0.05) is 23.7 Å². The van der Waals surface area contributed by atoms with Crippen LogP contribution in [-0.4, -0.2) is 26.5 Å². The van der Waals surface area contributed by atoms with Crippen molar-refractivity contribution in [3.8, 4) is 17.2 Å². The average molecular weight is 426 g/mol. The van der Waals surface area contributed by atoms with Crippen molar-refractivity contribution in [2.75, 3.05) is 20.4 Å². The van der Waals surface area contributed by atoms with Crippen molar-refractivity contribution >= 4 is 24.0 Å². The molecule has 0 bridgehead atoms. The van der Waals surface area contributed by atoms with Crippen LogP contribution in [0.2, 0.25) is 5.02 Å². The third-order valence-electron chi connectivity index (χ3n) is 5.19. The molecule has 2 aromatic carbocycles. The van der Waals surface area contributed by atoms with Crippen LogP contribution in [0.25, 0.3) is 0 Å². The van der Waals surface area contributed by atoms with E-state index in [-0.39, 0.29) is 18.5 Å². The van der Waals surface area contributed by atoms with Gasteiger partial charge in [-0.05, 0) is 49.1 Å². The summed E-state index contributed by atoms with van der Waals surface area (Å²) in [6.07, 6.45) is 2.02. The third kappa shape index (κ3) is 4.33. The fraction of sp³-hybridized carbons (Fsp3) is 0.429. The third-order valence-corrected chi connectivity index (χ3v) is 5.48. The Hall–Kier alpha value is -1.66. The van der Waals surface area contributed by atoms with E-state index in [1.165, 1.54) is 11.1 Å². The molecule has 2 aliphatic heterocycles. The molecule has 0 saturated carbocycles. The van der Waals surface area contributed by atoms with Gasteiger partial charge in [0.1, 0.15) is 5.75 Å². The van der Waals surface area contributed by atoms with Gasteiger partial charge >= 0.3 is 0 Å². The molecule has 2 unspecified atom stereocenters. The minimum absolute atomic E-state index is 0. The van der Waals surface area contributed by atoms with Gasteiger partial charge in [0.2, 0.25) is 6.79 Å². The monoisotopic (exact) mass is 425 g/mol. The molecule has 1 N–H and O–H groups in total. The highest BCUT2D eigenvalue weighted by molar-refractivity contribution is 6.32. The Morgan fingerprint density at radius 2 is 2.11 bits per heavy atom. The van der Waals surface area contributed by atoms with E-state index in [0.29, 0.717) is 30.2 Å². The molecule has 2 aromatic rings. The molecule has 7 heteroatoms. The number of nitrogens with one attached hydrogen (secondary N) is 1. The van der Waals surface area contributed by atoms with Gasteiger partial charge in [-0.3, -0.25) is 0 Å². The van der Waals surface area contributed by atoms with Gasteiger partial charge in [0.05, 0.1) is 24.8 Å². The van der Waals surface area contributed by atoms with Gasteiger partial charge in [0.25, 0.3) is 0 Å². The summed E-state index contributed by atoms with van der Waals surface area (Å²) >= 11 is 6.20. The lowest BCUT2D eigenvalue weighted by molar-refractivity contribution is 0.0633. The molecule has 0 saturated heterocycles. The van der Waals surface area contributed by atoms with Gasteiger partial charge in [0.15, 0.2) is 11.5 Å². The highest BCUT2D eigenvalue weighted by Crippen LogP contribution is 2.44. The number of hydrogen-bond acceptors (Lipinski definition) is 5. The lowest BCUT2D eigenvalue weighted by Crippen LogP contribution is -2.30. The van der Waals surface area contributed by atoms with Crippen LogP contribution in [0.15, 0.2) is 30.3 Å². The quantitative estimate of drug-likeness (QED) is 0.697. The molecule has 2 heterocycles. The molecule has 0 radical (unpaired) electrons. The number of benzene rings is 2. The van der Waals surface area contributed by atoms with E-state index in [1.807, 2.05) is 18.2 Å². The van der Waals surface area contributed by atoms with E-state index in [4.69, 9.17) is 30.5 Å². The molecule has 0 fully saturated rings. The summed E-state index contributed by atoms with van der Waals surface area (Å²) in [7, 11) is 1.63. The van der Waals surface area contributed by atoms with Gasteiger partial charge < -0.3 is 24.3 Å². The van der Waals surface area contributed by atoms with Crippen molar-refractivity contribution in [2.24, 2.45) is 0 Å². The molecule has 5 nitrogen and oxygen atoms in total. The molecule has 152 valence electrons. The van der Waals surface area contributed by atoms with Crippen LogP contribution in [-0.2, 0) is 17.8 Å². The van der Waals surface area contributed by atoms with Gasteiger partial charge in [-0.25, -0.2) is 0 Å². The van der Waals surface area contributed by atoms with Crippen LogP contribution in [0, 0.1) is 0 Å². The van der Waals surface area contributed by atoms with Crippen LogP contribution in [0.5, 0.6) is 17.2 Å². The van der Waals surface area contributed by atoms with Crippen molar-refractivity contribution in [1.82, 2.24) is 5.32 Å². The number of ether oxygens (including phenoxy) is 4. The first-order valence-corrected chi connectivity index (χ1v) is 9.62. The topological polar surface area (TPSA) is 49.0 Å². The predicted molar refractivity (Wildman–Crippen MR) is 111 cm³/mol. The lowest BCUT2D eigenvalue weighted by atomic mass is 10.0. The Morgan fingerprint density at radius 1 is 1.25 bits per heavy atom. The summed E-state index contributed by atoms with van der Waals surface area (Å²) in [6, 6.07) is 10.4. The zero-order valence-electron chi connectivity index (χ0n) is 16.0. The van der Waals surface area contributed by atoms with Crippen molar-refractivity contribution < 1.29 is 18.9 Å². The summed E-state index contributed by atoms with van der Waals surface area (Å²) in [5.74, 6) is 2.38. The van der Waals surface area contributed by atoms with E-state index in [1.54, 1.807) is 7.11 Å². The van der Waals surface area contributed by atoms with E-state index < -0.39 is 0 Å². The SMILES string of the molecule is COc1ccc(CCC(C)NCC2OCc3c2ccc2c3OCO2)cc1Cl.Cl. The molecular formula is C21H25Cl2NO4. The number of halogens is 2. The number of aryl methyl sites for hydroxylation is 1. The van der Waals surface area contributed by atoms with Crippen molar-refractivity contribution in [1.29, 1.82) is 0 Å². The zero-order chi connectivity index (χ0) is 18.8. The molecule has 0 spiro atoms. The van der Waals surface area contributed by atoms with E-state index >= 15 is 0 Å². The predicted octanol–water partition coefficient (Wildman–Crippen LogP) is 4.68. The molecular weight excluding hydrogens is 401 g/mol. The fourth-order valence-electron chi connectivity index (χ4n) is 3.60. The number of rotatable bonds is 7. The Morgan fingerprint density at radius 3 is 2.89 bits per heavy atom. The van der Waals surface area contributed by atoms with Gasteiger partial charge in [0, 0.05) is 18.2 Å².